The maximum absolute atomic E-state index is 5.24. The van der Waals surface area contributed by atoms with E-state index in [-0.39, 0.29) is 0 Å². The van der Waals surface area contributed by atoms with Crippen molar-refractivity contribution < 1.29 is 4.74 Å². The van der Waals surface area contributed by atoms with E-state index in [1.807, 2.05) is 42.5 Å². The highest BCUT2D eigenvalue weighted by molar-refractivity contribution is 5.40. The summed E-state index contributed by atoms with van der Waals surface area (Å²) in [6, 6.07) is 15.7. The summed E-state index contributed by atoms with van der Waals surface area (Å²) in [6.07, 6.45) is 4.40. The first kappa shape index (κ1) is 16.7. The van der Waals surface area contributed by atoms with Gasteiger partial charge in [0.05, 0.1) is 19.3 Å². The fourth-order valence-electron chi connectivity index (χ4n) is 2.38. The van der Waals surface area contributed by atoms with Crippen LogP contribution >= 0.6 is 0 Å². The summed E-state index contributed by atoms with van der Waals surface area (Å²) < 4.78 is 5.24. The van der Waals surface area contributed by atoms with E-state index < -0.39 is 0 Å². The van der Waals surface area contributed by atoms with Crippen LogP contribution in [0.4, 0.5) is 11.8 Å². The van der Waals surface area contributed by atoms with Gasteiger partial charge in [-0.05, 0) is 42.3 Å². The Kier molecular flexibility index (Phi) is 5.77. The van der Waals surface area contributed by atoms with Crippen molar-refractivity contribution in [2.45, 2.75) is 13.0 Å². The second-order valence-electron chi connectivity index (χ2n) is 5.47. The second kappa shape index (κ2) is 8.63. The lowest BCUT2D eigenvalue weighted by Gasteiger charge is -2.09. The van der Waals surface area contributed by atoms with Crippen molar-refractivity contribution in [1.82, 2.24) is 15.0 Å². The number of methoxy groups -OCH3 is 1. The Morgan fingerprint density at radius 3 is 2.76 bits per heavy atom. The van der Waals surface area contributed by atoms with Crippen LogP contribution in [0, 0.1) is 0 Å². The molecule has 0 atom stereocenters. The van der Waals surface area contributed by atoms with Crippen LogP contribution in [0.25, 0.3) is 0 Å². The fraction of sp³-hybridized carbons (Fsp3) is 0.211. The third-order valence-electron chi connectivity index (χ3n) is 3.66. The quantitative estimate of drug-likeness (QED) is 0.659. The van der Waals surface area contributed by atoms with Crippen LogP contribution < -0.4 is 15.4 Å². The highest BCUT2D eigenvalue weighted by Crippen LogP contribution is 2.13. The van der Waals surface area contributed by atoms with Crippen LogP contribution in [0.15, 0.2) is 60.9 Å². The molecule has 0 amide bonds. The fourth-order valence-corrected chi connectivity index (χ4v) is 2.38. The minimum absolute atomic E-state index is 0.581. The summed E-state index contributed by atoms with van der Waals surface area (Å²) >= 11 is 0. The van der Waals surface area contributed by atoms with Crippen LogP contribution in [0.3, 0.4) is 0 Å². The first-order chi connectivity index (χ1) is 12.3. The maximum atomic E-state index is 5.24. The molecule has 0 unspecified atom stereocenters. The highest BCUT2D eigenvalue weighted by Gasteiger charge is 2.01. The van der Waals surface area contributed by atoms with Gasteiger partial charge >= 0.3 is 0 Å². The highest BCUT2D eigenvalue weighted by atomic mass is 16.5. The molecule has 0 aliphatic rings. The topological polar surface area (TPSA) is 72.0 Å². The first-order valence-corrected chi connectivity index (χ1v) is 8.17. The molecular formula is C19H21N5O. The van der Waals surface area contributed by atoms with Gasteiger partial charge in [-0.2, -0.15) is 4.98 Å². The van der Waals surface area contributed by atoms with Crippen molar-refractivity contribution in [3.8, 4) is 5.75 Å². The van der Waals surface area contributed by atoms with Crippen LogP contribution in [0.2, 0.25) is 0 Å². The maximum Gasteiger partial charge on any atom is 0.224 e. The lowest BCUT2D eigenvalue weighted by atomic mass is 10.1. The average molecular weight is 335 g/mol. The molecule has 0 fully saturated rings. The predicted molar refractivity (Wildman–Crippen MR) is 98.8 cm³/mol. The number of rotatable bonds is 8. The number of anilines is 2. The van der Waals surface area contributed by atoms with E-state index in [2.05, 4.69) is 31.7 Å². The van der Waals surface area contributed by atoms with Crippen molar-refractivity contribution >= 4 is 11.8 Å². The minimum atomic E-state index is 0.581. The van der Waals surface area contributed by atoms with Crippen LogP contribution in [-0.2, 0) is 13.0 Å². The van der Waals surface area contributed by atoms with E-state index in [0.29, 0.717) is 12.5 Å². The molecule has 3 aromatic rings. The van der Waals surface area contributed by atoms with Crippen molar-refractivity contribution in [2.75, 3.05) is 24.3 Å². The summed E-state index contributed by atoms with van der Waals surface area (Å²) in [4.78, 5) is 13.0. The molecule has 6 nitrogen and oxygen atoms in total. The minimum Gasteiger partial charge on any atom is -0.497 e. The Morgan fingerprint density at radius 2 is 1.92 bits per heavy atom. The Balaban J connectivity index is 1.51. The Hall–Kier alpha value is -3.15. The predicted octanol–water partition coefficient (Wildman–Crippen LogP) is 3.15. The summed E-state index contributed by atoms with van der Waals surface area (Å²) in [5, 5.41) is 6.50. The van der Waals surface area contributed by atoms with Gasteiger partial charge in [-0.25, -0.2) is 4.98 Å². The van der Waals surface area contributed by atoms with E-state index >= 15 is 0 Å². The average Bonchev–Trinajstić information content (AvgIpc) is 2.68. The van der Waals surface area contributed by atoms with Gasteiger partial charge in [-0.1, -0.05) is 18.2 Å². The number of benzene rings is 1. The van der Waals surface area contributed by atoms with Crippen molar-refractivity contribution in [2.24, 2.45) is 0 Å². The summed E-state index contributed by atoms with van der Waals surface area (Å²) in [5.41, 5.74) is 2.16. The van der Waals surface area contributed by atoms with Gasteiger partial charge < -0.3 is 15.4 Å². The molecule has 0 aliphatic carbocycles. The molecule has 2 N–H and O–H groups in total. The van der Waals surface area contributed by atoms with Crippen LogP contribution in [0.1, 0.15) is 11.3 Å². The first-order valence-electron chi connectivity index (χ1n) is 8.17. The third kappa shape index (κ3) is 5.17. The van der Waals surface area contributed by atoms with Crippen molar-refractivity contribution in [3.63, 3.8) is 0 Å². The molecule has 2 heterocycles. The SMILES string of the molecule is COc1cccc(CCNc2ccnc(NCc3ccccn3)n2)c1. The lowest BCUT2D eigenvalue weighted by molar-refractivity contribution is 0.414. The Bertz CT molecular complexity index is 795. The van der Waals surface area contributed by atoms with E-state index in [4.69, 9.17) is 4.74 Å². The molecule has 6 heteroatoms. The molecule has 128 valence electrons. The van der Waals surface area contributed by atoms with Crippen molar-refractivity contribution in [1.29, 1.82) is 0 Å². The van der Waals surface area contributed by atoms with Gasteiger partial charge in [0.25, 0.3) is 0 Å². The zero-order valence-electron chi connectivity index (χ0n) is 14.1. The van der Waals surface area contributed by atoms with Gasteiger partial charge in [0, 0.05) is 18.9 Å². The Labute approximate surface area is 147 Å². The normalized spacial score (nSPS) is 10.3. The largest absolute Gasteiger partial charge is 0.497 e. The molecule has 2 aromatic heterocycles. The van der Waals surface area contributed by atoms with Crippen LogP contribution in [0.5, 0.6) is 5.75 Å². The summed E-state index contributed by atoms with van der Waals surface area (Å²) in [6.45, 7) is 1.37. The van der Waals surface area contributed by atoms with Gasteiger partial charge in [-0.3, -0.25) is 4.98 Å². The molecule has 0 bridgehead atoms. The third-order valence-corrected chi connectivity index (χ3v) is 3.66. The molecule has 0 aliphatic heterocycles. The molecule has 25 heavy (non-hydrogen) atoms. The van der Waals surface area contributed by atoms with E-state index in [0.717, 1.165) is 30.2 Å². The standard InChI is InChI=1S/C19H21N5O/c1-25-17-7-4-5-15(13-17)8-11-21-18-9-12-22-19(24-18)23-14-16-6-2-3-10-20-16/h2-7,9-10,12-13H,8,11,14H2,1H3,(H2,21,22,23,24). The smallest absolute Gasteiger partial charge is 0.224 e. The van der Waals surface area contributed by atoms with Gasteiger partial charge in [0.15, 0.2) is 0 Å². The number of hydrogen-bond acceptors (Lipinski definition) is 6. The monoisotopic (exact) mass is 335 g/mol. The lowest BCUT2D eigenvalue weighted by Crippen LogP contribution is -2.09. The van der Waals surface area contributed by atoms with Gasteiger partial charge in [0.2, 0.25) is 5.95 Å². The zero-order valence-corrected chi connectivity index (χ0v) is 14.1. The Morgan fingerprint density at radius 1 is 0.960 bits per heavy atom. The molecular weight excluding hydrogens is 314 g/mol. The number of hydrogen-bond donors (Lipinski definition) is 2. The number of nitrogens with zero attached hydrogens (tertiary/aromatic N) is 3. The van der Waals surface area contributed by atoms with E-state index in [1.54, 1.807) is 19.5 Å². The molecule has 0 saturated carbocycles. The molecule has 0 saturated heterocycles. The number of aromatic nitrogens is 3. The molecule has 0 spiro atoms. The summed E-state index contributed by atoms with van der Waals surface area (Å²) in [5.74, 6) is 2.25. The van der Waals surface area contributed by atoms with E-state index in [1.165, 1.54) is 5.56 Å². The molecule has 1 aromatic carbocycles. The van der Waals surface area contributed by atoms with Crippen molar-refractivity contribution in [3.05, 3.63) is 72.2 Å². The van der Waals surface area contributed by atoms with Gasteiger partial charge in [0.1, 0.15) is 11.6 Å². The second-order valence-corrected chi connectivity index (χ2v) is 5.47. The number of nitrogens with one attached hydrogen (secondary N) is 2. The van der Waals surface area contributed by atoms with E-state index in [9.17, 15) is 0 Å². The van der Waals surface area contributed by atoms with Gasteiger partial charge in [-0.15, -0.1) is 0 Å². The summed E-state index contributed by atoms with van der Waals surface area (Å²) in [7, 11) is 1.68. The van der Waals surface area contributed by atoms with Crippen LogP contribution in [-0.4, -0.2) is 28.6 Å². The number of pyridine rings is 1. The zero-order chi connectivity index (χ0) is 17.3. The molecule has 0 radical (unpaired) electrons. The molecule has 3 rings (SSSR count). The number of ether oxygens (including phenoxy) is 1.